The van der Waals surface area contributed by atoms with Crippen molar-refractivity contribution in [1.82, 2.24) is 5.06 Å². The lowest BCUT2D eigenvalue weighted by Gasteiger charge is -1.99. The first kappa shape index (κ1) is 9.73. The Hall–Kier alpha value is -1.81. The van der Waals surface area contributed by atoms with E-state index in [2.05, 4.69) is 6.58 Å². The number of rotatable bonds is 3. The van der Waals surface area contributed by atoms with Crippen LogP contribution in [0.25, 0.3) is 0 Å². The third kappa shape index (κ3) is 2.16. The zero-order valence-electron chi connectivity index (χ0n) is 8.13. The van der Waals surface area contributed by atoms with Crippen molar-refractivity contribution in [1.29, 1.82) is 0 Å². The molecule has 1 aromatic carbocycles. The Bertz CT molecular complexity index is 363. The summed E-state index contributed by atoms with van der Waals surface area (Å²) >= 11 is 0. The van der Waals surface area contributed by atoms with Gasteiger partial charge in [0, 0.05) is 5.56 Å². The van der Waals surface area contributed by atoms with Gasteiger partial charge in [0.15, 0.2) is 0 Å². The molecule has 1 amide bonds. The van der Waals surface area contributed by atoms with E-state index in [0.29, 0.717) is 0 Å². The van der Waals surface area contributed by atoms with Gasteiger partial charge >= 0.3 is 6.09 Å². The minimum atomic E-state index is -0.483. The van der Waals surface area contributed by atoms with E-state index < -0.39 is 6.09 Å². The molecule has 78 valence electrons. The van der Waals surface area contributed by atoms with Crippen LogP contribution < -0.4 is 0 Å². The van der Waals surface area contributed by atoms with Crippen LogP contribution in [-0.4, -0.2) is 17.8 Å². The number of ether oxygens (including phenoxy) is 1. The standard InChI is InChI=1S/C11H11NO3/c1-2-8-14-11(13)12-10(15-12)9-6-4-3-5-7-9/h2-7,10H,1,8H2/t10-,12?/m0/s1. The summed E-state index contributed by atoms with van der Waals surface area (Å²) in [5.41, 5.74) is 0.938. The van der Waals surface area contributed by atoms with Crippen LogP contribution in [-0.2, 0) is 9.57 Å². The third-order valence-electron chi connectivity index (χ3n) is 1.97. The van der Waals surface area contributed by atoms with Gasteiger partial charge in [-0.1, -0.05) is 43.0 Å². The van der Waals surface area contributed by atoms with Gasteiger partial charge in [-0.25, -0.2) is 9.63 Å². The van der Waals surface area contributed by atoms with Crippen LogP contribution in [0.2, 0.25) is 0 Å². The number of carbonyl (C=O) groups excluding carboxylic acids is 1. The summed E-state index contributed by atoms with van der Waals surface area (Å²) in [5.74, 6) is 0. The molecule has 1 aliphatic heterocycles. The van der Waals surface area contributed by atoms with Crippen molar-refractivity contribution in [2.75, 3.05) is 6.61 Å². The summed E-state index contributed by atoms with van der Waals surface area (Å²) in [5, 5.41) is 1.19. The molecule has 15 heavy (non-hydrogen) atoms. The van der Waals surface area contributed by atoms with Crippen molar-refractivity contribution in [2.24, 2.45) is 0 Å². The fraction of sp³-hybridized carbons (Fsp3) is 0.182. The van der Waals surface area contributed by atoms with Gasteiger partial charge < -0.3 is 4.74 Å². The first-order chi connectivity index (χ1) is 7.33. The second-order valence-corrected chi connectivity index (χ2v) is 3.06. The summed E-state index contributed by atoms with van der Waals surface area (Å²) in [4.78, 5) is 16.4. The lowest BCUT2D eigenvalue weighted by Crippen LogP contribution is -2.12. The fourth-order valence-corrected chi connectivity index (χ4v) is 1.23. The number of amides is 1. The predicted octanol–water partition coefficient (Wildman–Crippen LogP) is 2.25. The molecule has 0 N–H and O–H groups in total. The Morgan fingerprint density at radius 2 is 2.27 bits per heavy atom. The van der Waals surface area contributed by atoms with Crippen molar-refractivity contribution < 1.29 is 14.4 Å². The molecule has 2 rings (SSSR count). The molecule has 0 aromatic heterocycles. The largest absolute Gasteiger partial charge is 0.444 e. The van der Waals surface area contributed by atoms with Gasteiger partial charge in [-0.05, 0) is 0 Å². The highest BCUT2D eigenvalue weighted by Gasteiger charge is 2.43. The molecule has 1 atom stereocenters. The average molecular weight is 205 g/mol. The molecule has 0 spiro atoms. The highest BCUT2D eigenvalue weighted by Crippen LogP contribution is 2.37. The molecule has 4 heteroatoms. The molecule has 0 unspecified atom stereocenters. The molecule has 4 nitrogen and oxygen atoms in total. The van der Waals surface area contributed by atoms with Gasteiger partial charge in [-0.2, -0.15) is 0 Å². The summed E-state index contributed by atoms with van der Waals surface area (Å²) in [6.45, 7) is 3.65. The topological polar surface area (TPSA) is 41.8 Å². The SMILES string of the molecule is C=CCOC(=O)N1O[C@H]1c1ccccc1. The molecule has 1 saturated heterocycles. The Morgan fingerprint density at radius 1 is 1.53 bits per heavy atom. The number of hydrogen-bond donors (Lipinski definition) is 0. The van der Waals surface area contributed by atoms with Crippen LogP contribution in [0.4, 0.5) is 4.79 Å². The highest BCUT2D eigenvalue weighted by molar-refractivity contribution is 5.68. The summed E-state index contributed by atoms with van der Waals surface area (Å²) < 4.78 is 4.81. The Morgan fingerprint density at radius 3 is 2.93 bits per heavy atom. The van der Waals surface area contributed by atoms with E-state index >= 15 is 0 Å². The maximum atomic E-state index is 11.3. The van der Waals surface area contributed by atoms with Gasteiger partial charge in [0.05, 0.1) is 0 Å². The van der Waals surface area contributed by atoms with Gasteiger partial charge in [0.1, 0.15) is 6.61 Å². The molecule has 1 aromatic rings. The average Bonchev–Trinajstić information content (AvgIpc) is 3.07. The van der Waals surface area contributed by atoms with Gasteiger partial charge in [-0.15, -0.1) is 5.06 Å². The van der Waals surface area contributed by atoms with Crippen LogP contribution in [0, 0.1) is 0 Å². The molecule has 1 aliphatic rings. The summed E-state index contributed by atoms with van der Waals surface area (Å²) in [7, 11) is 0. The van der Waals surface area contributed by atoms with E-state index in [0.717, 1.165) is 5.56 Å². The minimum absolute atomic E-state index is 0.195. The molecular weight excluding hydrogens is 194 g/mol. The van der Waals surface area contributed by atoms with Crippen LogP contribution in [0.5, 0.6) is 0 Å². The van der Waals surface area contributed by atoms with Crippen LogP contribution in [0.3, 0.4) is 0 Å². The Kier molecular flexibility index (Phi) is 2.69. The lowest BCUT2D eigenvalue weighted by molar-refractivity contribution is 0.101. The van der Waals surface area contributed by atoms with E-state index in [1.807, 2.05) is 30.3 Å². The Labute approximate surface area is 87.7 Å². The first-order valence-corrected chi connectivity index (χ1v) is 4.61. The van der Waals surface area contributed by atoms with Crippen molar-refractivity contribution in [3.63, 3.8) is 0 Å². The quantitative estimate of drug-likeness (QED) is 0.561. The number of hydroxylamine groups is 2. The van der Waals surface area contributed by atoms with Crippen LogP contribution >= 0.6 is 0 Å². The van der Waals surface area contributed by atoms with Crippen molar-refractivity contribution in [3.8, 4) is 0 Å². The number of nitrogens with zero attached hydrogens (tertiary/aromatic N) is 1. The third-order valence-corrected chi connectivity index (χ3v) is 1.97. The fourth-order valence-electron chi connectivity index (χ4n) is 1.23. The van der Waals surface area contributed by atoms with Gasteiger partial charge in [-0.3, -0.25) is 0 Å². The minimum Gasteiger partial charge on any atom is -0.444 e. The van der Waals surface area contributed by atoms with Crippen LogP contribution in [0.15, 0.2) is 43.0 Å². The monoisotopic (exact) mass is 205 g/mol. The van der Waals surface area contributed by atoms with Crippen molar-refractivity contribution in [2.45, 2.75) is 6.23 Å². The normalized spacial score (nSPS) is 18.4. The molecular formula is C11H11NO3. The van der Waals surface area contributed by atoms with Crippen LogP contribution in [0.1, 0.15) is 11.8 Å². The summed E-state index contributed by atoms with van der Waals surface area (Å²) in [6, 6.07) is 9.48. The van der Waals surface area contributed by atoms with Crippen molar-refractivity contribution >= 4 is 6.09 Å². The maximum Gasteiger partial charge on any atom is 0.437 e. The molecule has 1 fully saturated rings. The molecule has 0 radical (unpaired) electrons. The van der Waals surface area contributed by atoms with E-state index in [9.17, 15) is 4.79 Å². The molecule has 0 saturated carbocycles. The second-order valence-electron chi connectivity index (χ2n) is 3.06. The number of carbonyl (C=O) groups is 1. The van der Waals surface area contributed by atoms with E-state index in [1.54, 1.807) is 0 Å². The Balaban J connectivity index is 1.91. The molecule has 0 bridgehead atoms. The second kappa shape index (κ2) is 4.14. The maximum absolute atomic E-state index is 11.3. The highest BCUT2D eigenvalue weighted by atomic mass is 16.9. The molecule has 1 heterocycles. The first-order valence-electron chi connectivity index (χ1n) is 4.61. The van der Waals surface area contributed by atoms with E-state index in [-0.39, 0.29) is 12.8 Å². The number of benzene rings is 1. The smallest absolute Gasteiger partial charge is 0.437 e. The lowest BCUT2D eigenvalue weighted by atomic mass is 10.2. The van der Waals surface area contributed by atoms with E-state index in [1.165, 1.54) is 11.1 Å². The zero-order chi connectivity index (χ0) is 10.7. The van der Waals surface area contributed by atoms with E-state index in [4.69, 9.17) is 9.57 Å². The zero-order valence-corrected chi connectivity index (χ0v) is 8.13. The summed E-state index contributed by atoms with van der Waals surface area (Å²) in [6.07, 6.45) is 0.728. The van der Waals surface area contributed by atoms with Gasteiger partial charge in [0.25, 0.3) is 0 Å². The van der Waals surface area contributed by atoms with Crippen molar-refractivity contribution in [3.05, 3.63) is 48.6 Å². The molecule has 0 aliphatic carbocycles. The predicted molar refractivity (Wildman–Crippen MR) is 53.7 cm³/mol. The number of hydrogen-bond acceptors (Lipinski definition) is 3. The van der Waals surface area contributed by atoms with Gasteiger partial charge in [0.2, 0.25) is 6.23 Å².